The lowest BCUT2D eigenvalue weighted by Crippen LogP contribution is -2.03. The fraction of sp³-hybridized carbons (Fsp3) is 0.316. The summed E-state index contributed by atoms with van der Waals surface area (Å²) >= 11 is 0. The molecule has 3 heteroatoms. The summed E-state index contributed by atoms with van der Waals surface area (Å²) in [7, 11) is 1.63. The van der Waals surface area contributed by atoms with E-state index in [1.54, 1.807) is 19.2 Å². The molecular weight excluding hydrogens is 277 g/mol. The number of hydrogen-bond donors (Lipinski definition) is 0. The number of nitriles is 1. The van der Waals surface area contributed by atoms with Gasteiger partial charge in [-0.3, -0.25) is 0 Å². The maximum atomic E-state index is 13.0. The van der Waals surface area contributed by atoms with Gasteiger partial charge in [-0.15, -0.1) is 0 Å². The zero-order valence-electron chi connectivity index (χ0n) is 13.1. The van der Waals surface area contributed by atoms with Crippen molar-refractivity contribution >= 4 is 0 Å². The average Bonchev–Trinajstić information content (AvgIpc) is 2.53. The van der Waals surface area contributed by atoms with E-state index in [1.165, 1.54) is 17.7 Å². The van der Waals surface area contributed by atoms with Gasteiger partial charge in [0.2, 0.25) is 0 Å². The highest BCUT2D eigenvalue weighted by Crippen LogP contribution is 2.29. The maximum Gasteiger partial charge on any atom is 0.123 e. The number of halogens is 1. The maximum absolute atomic E-state index is 13.0. The molecule has 0 aliphatic heterocycles. The first-order valence-electron chi connectivity index (χ1n) is 7.37. The van der Waals surface area contributed by atoms with Crippen LogP contribution in [0.25, 0.3) is 0 Å². The van der Waals surface area contributed by atoms with Crippen molar-refractivity contribution in [2.75, 3.05) is 7.11 Å². The summed E-state index contributed by atoms with van der Waals surface area (Å²) in [5, 5.41) is 9.47. The molecule has 0 N–H and O–H groups in total. The smallest absolute Gasteiger partial charge is 0.123 e. The Morgan fingerprint density at radius 3 is 2.27 bits per heavy atom. The molecular formula is C19H20FNO. The van der Waals surface area contributed by atoms with Crippen LogP contribution in [0.1, 0.15) is 42.4 Å². The van der Waals surface area contributed by atoms with Crippen LogP contribution in [0.3, 0.4) is 0 Å². The van der Waals surface area contributed by atoms with Crippen molar-refractivity contribution in [3.05, 3.63) is 65.0 Å². The van der Waals surface area contributed by atoms with Gasteiger partial charge in [0.1, 0.15) is 11.6 Å². The van der Waals surface area contributed by atoms with Crippen LogP contribution in [0.15, 0.2) is 42.5 Å². The zero-order chi connectivity index (χ0) is 16.1. The van der Waals surface area contributed by atoms with Gasteiger partial charge in [-0.25, -0.2) is 4.39 Å². The van der Waals surface area contributed by atoms with Crippen LogP contribution in [0.2, 0.25) is 0 Å². The molecule has 0 saturated carbocycles. The molecule has 0 aliphatic rings. The third-order valence-electron chi connectivity index (χ3n) is 3.82. The van der Waals surface area contributed by atoms with Gasteiger partial charge in [0.05, 0.1) is 19.1 Å². The normalized spacial score (nSPS) is 12.0. The first-order chi connectivity index (χ1) is 10.5. The third kappa shape index (κ3) is 3.65. The standard InChI is InChI=1S/C19H20FNO/c1-13(2)15-6-9-19(22-3)16(10-15)11-17(12-21)14-4-7-18(20)8-5-14/h4-10,13,17H,11H2,1-3H3. The van der Waals surface area contributed by atoms with Crippen LogP contribution in [0, 0.1) is 17.1 Å². The monoisotopic (exact) mass is 297 g/mol. The fourth-order valence-corrected chi connectivity index (χ4v) is 2.47. The Balaban J connectivity index is 2.32. The van der Waals surface area contributed by atoms with Crippen LogP contribution in [0.5, 0.6) is 5.75 Å². The molecule has 1 atom stereocenters. The predicted molar refractivity (Wildman–Crippen MR) is 85.5 cm³/mol. The van der Waals surface area contributed by atoms with Crippen molar-refractivity contribution in [3.63, 3.8) is 0 Å². The van der Waals surface area contributed by atoms with Crippen molar-refractivity contribution < 1.29 is 9.13 Å². The van der Waals surface area contributed by atoms with E-state index >= 15 is 0 Å². The first kappa shape index (κ1) is 16.0. The highest BCUT2D eigenvalue weighted by molar-refractivity contribution is 5.41. The van der Waals surface area contributed by atoms with E-state index in [9.17, 15) is 9.65 Å². The second-order valence-corrected chi connectivity index (χ2v) is 5.66. The minimum Gasteiger partial charge on any atom is -0.496 e. The average molecular weight is 297 g/mol. The molecule has 0 saturated heterocycles. The van der Waals surface area contributed by atoms with E-state index in [1.807, 2.05) is 12.1 Å². The number of methoxy groups -OCH3 is 1. The molecule has 0 spiro atoms. The van der Waals surface area contributed by atoms with Gasteiger partial charge in [-0.1, -0.05) is 38.1 Å². The summed E-state index contributed by atoms with van der Waals surface area (Å²) in [6.45, 7) is 4.26. The highest BCUT2D eigenvalue weighted by Gasteiger charge is 2.15. The van der Waals surface area contributed by atoms with Crippen LogP contribution in [-0.4, -0.2) is 7.11 Å². The van der Waals surface area contributed by atoms with Gasteiger partial charge >= 0.3 is 0 Å². The van der Waals surface area contributed by atoms with Gasteiger partial charge in [-0.05, 0) is 47.2 Å². The summed E-state index contributed by atoms with van der Waals surface area (Å²) in [5.74, 6) is 0.583. The van der Waals surface area contributed by atoms with E-state index in [4.69, 9.17) is 4.74 Å². The zero-order valence-corrected chi connectivity index (χ0v) is 13.1. The van der Waals surface area contributed by atoms with Gasteiger partial charge in [-0.2, -0.15) is 5.26 Å². The van der Waals surface area contributed by atoms with Crippen molar-refractivity contribution in [1.82, 2.24) is 0 Å². The number of ether oxygens (including phenoxy) is 1. The topological polar surface area (TPSA) is 33.0 Å². The Kier molecular flexibility index (Phi) is 5.16. The quantitative estimate of drug-likeness (QED) is 0.793. The molecule has 0 heterocycles. The Morgan fingerprint density at radius 2 is 1.73 bits per heavy atom. The number of hydrogen-bond acceptors (Lipinski definition) is 2. The molecule has 0 aromatic heterocycles. The predicted octanol–water partition coefficient (Wildman–Crippen LogP) is 4.81. The Hall–Kier alpha value is -2.34. The molecule has 2 aromatic rings. The molecule has 22 heavy (non-hydrogen) atoms. The lowest BCUT2D eigenvalue weighted by Gasteiger charge is -2.15. The summed E-state index contributed by atoms with van der Waals surface area (Å²) in [6, 6.07) is 14.5. The SMILES string of the molecule is COc1ccc(C(C)C)cc1CC(C#N)c1ccc(F)cc1. The van der Waals surface area contributed by atoms with E-state index < -0.39 is 0 Å². The first-order valence-corrected chi connectivity index (χ1v) is 7.37. The summed E-state index contributed by atoms with van der Waals surface area (Å²) in [4.78, 5) is 0. The molecule has 114 valence electrons. The van der Waals surface area contributed by atoms with Crippen molar-refractivity contribution in [2.24, 2.45) is 0 Å². The van der Waals surface area contributed by atoms with Crippen LogP contribution < -0.4 is 4.74 Å². The lowest BCUT2D eigenvalue weighted by atomic mass is 9.90. The molecule has 0 bridgehead atoms. The van der Waals surface area contributed by atoms with Crippen LogP contribution in [-0.2, 0) is 6.42 Å². The van der Waals surface area contributed by atoms with Gasteiger partial charge < -0.3 is 4.74 Å². The lowest BCUT2D eigenvalue weighted by molar-refractivity contribution is 0.408. The Labute approximate surface area is 131 Å². The van der Waals surface area contributed by atoms with Crippen molar-refractivity contribution in [2.45, 2.75) is 32.1 Å². The molecule has 2 aromatic carbocycles. The van der Waals surface area contributed by atoms with E-state index in [0.717, 1.165) is 16.9 Å². The molecule has 2 nitrogen and oxygen atoms in total. The van der Waals surface area contributed by atoms with E-state index in [2.05, 4.69) is 26.0 Å². The third-order valence-corrected chi connectivity index (χ3v) is 3.82. The van der Waals surface area contributed by atoms with E-state index in [-0.39, 0.29) is 11.7 Å². The summed E-state index contributed by atoms with van der Waals surface area (Å²) < 4.78 is 18.4. The van der Waals surface area contributed by atoms with Gasteiger partial charge in [0.25, 0.3) is 0 Å². The van der Waals surface area contributed by atoms with Gasteiger partial charge in [0, 0.05) is 0 Å². The largest absolute Gasteiger partial charge is 0.496 e. The Bertz CT molecular complexity index is 671. The van der Waals surface area contributed by atoms with Crippen molar-refractivity contribution in [3.8, 4) is 11.8 Å². The number of nitrogens with zero attached hydrogens (tertiary/aromatic N) is 1. The minimum absolute atomic E-state index is 0.292. The Morgan fingerprint density at radius 1 is 1.09 bits per heavy atom. The molecule has 0 radical (unpaired) electrons. The fourth-order valence-electron chi connectivity index (χ4n) is 2.47. The van der Waals surface area contributed by atoms with E-state index in [0.29, 0.717) is 12.3 Å². The molecule has 0 aliphatic carbocycles. The molecule has 2 rings (SSSR count). The minimum atomic E-state index is -0.322. The van der Waals surface area contributed by atoms with Crippen LogP contribution in [0.4, 0.5) is 4.39 Å². The number of rotatable bonds is 5. The van der Waals surface area contributed by atoms with Crippen molar-refractivity contribution in [1.29, 1.82) is 5.26 Å². The number of benzene rings is 2. The molecule has 1 unspecified atom stereocenters. The summed E-state index contributed by atoms with van der Waals surface area (Å²) in [5.41, 5.74) is 3.04. The molecule has 0 amide bonds. The summed E-state index contributed by atoms with van der Waals surface area (Å²) in [6.07, 6.45) is 0.547. The second kappa shape index (κ2) is 7.09. The van der Waals surface area contributed by atoms with Crippen LogP contribution >= 0.6 is 0 Å². The second-order valence-electron chi connectivity index (χ2n) is 5.66. The van der Waals surface area contributed by atoms with Gasteiger partial charge in [0.15, 0.2) is 0 Å². The highest BCUT2D eigenvalue weighted by atomic mass is 19.1. The molecule has 0 fully saturated rings.